The van der Waals surface area contributed by atoms with Gasteiger partial charge in [0.25, 0.3) is 0 Å². The topological polar surface area (TPSA) is 28.3 Å². The molecule has 0 spiro atoms. The van der Waals surface area contributed by atoms with Crippen LogP contribution in [0.3, 0.4) is 0 Å². The third kappa shape index (κ3) is 1.66. The van der Waals surface area contributed by atoms with Gasteiger partial charge in [-0.3, -0.25) is 0 Å². The summed E-state index contributed by atoms with van der Waals surface area (Å²) in [6.45, 7) is 4.47. The van der Waals surface area contributed by atoms with E-state index in [9.17, 15) is 0 Å². The maximum atomic E-state index is 4.67. The first-order valence-corrected chi connectivity index (χ1v) is 5.67. The number of nitrogens with zero attached hydrogens (tertiary/aromatic N) is 3. The standard InChI is InChI=1S/C12H18N3/c1-4-9(5-2)11-10-7-6-8-13-12(10)15(3)14-11/h6-9,11H,4-5H2,1-3H3/q+1. The number of rotatable bonds is 3. The zero-order valence-corrected chi connectivity index (χ0v) is 9.64. The second-order valence-electron chi connectivity index (χ2n) is 4.08. The first kappa shape index (κ1) is 10.3. The second kappa shape index (κ2) is 4.09. The van der Waals surface area contributed by atoms with Gasteiger partial charge in [-0.1, -0.05) is 26.7 Å². The van der Waals surface area contributed by atoms with Crippen LogP contribution in [-0.4, -0.2) is 16.7 Å². The van der Waals surface area contributed by atoms with Gasteiger partial charge < -0.3 is 0 Å². The van der Waals surface area contributed by atoms with E-state index in [1.165, 1.54) is 18.4 Å². The molecule has 1 aliphatic heterocycles. The van der Waals surface area contributed by atoms with Crippen molar-refractivity contribution in [3.05, 3.63) is 23.9 Å². The molecule has 1 atom stereocenters. The van der Waals surface area contributed by atoms with E-state index in [-0.39, 0.29) is 0 Å². The molecule has 3 nitrogen and oxygen atoms in total. The molecule has 2 rings (SSSR count). The van der Waals surface area contributed by atoms with Crippen LogP contribution in [0.5, 0.6) is 0 Å². The van der Waals surface area contributed by atoms with E-state index in [0.717, 1.165) is 5.82 Å². The fourth-order valence-electron chi connectivity index (χ4n) is 2.30. The van der Waals surface area contributed by atoms with E-state index >= 15 is 0 Å². The van der Waals surface area contributed by atoms with E-state index in [0.29, 0.717) is 12.0 Å². The lowest BCUT2D eigenvalue weighted by atomic mass is 9.90. The van der Waals surface area contributed by atoms with Crippen LogP contribution in [-0.2, 0) is 0 Å². The van der Waals surface area contributed by atoms with Crippen molar-refractivity contribution in [1.82, 2.24) is 4.98 Å². The van der Waals surface area contributed by atoms with Gasteiger partial charge in [0, 0.05) is 0 Å². The molecule has 0 bridgehead atoms. The quantitative estimate of drug-likeness (QED) is 0.694. The van der Waals surface area contributed by atoms with Crippen molar-refractivity contribution >= 4 is 5.82 Å². The Morgan fingerprint density at radius 3 is 2.80 bits per heavy atom. The summed E-state index contributed by atoms with van der Waals surface area (Å²) >= 11 is 0. The van der Waals surface area contributed by atoms with Gasteiger partial charge in [0.1, 0.15) is 19.3 Å². The Labute approximate surface area is 90.9 Å². The lowest BCUT2D eigenvalue weighted by molar-refractivity contribution is -0.482. The maximum Gasteiger partial charge on any atom is 0.348 e. The second-order valence-corrected chi connectivity index (χ2v) is 4.08. The molecule has 1 unspecified atom stereocenters. The summed E-state index contributed by atoms with van der Waals surface area (Å²) in [5.74, 6) is 1.66. The third-order valence-corrected chi connectivity index (χ3v) is 3.23. The number of fused-ring (bicyclic) bond motifs is 1. The van der Waals surface area contributed by atoms with Gasteiger partial charge in [-0.15, -0.1) is 9.81 Å². The van der Waals surface area contributed by atoms with Crippen LogP contribution in [0.15, 0.2) is 23.4 Å². The zero-order valence-electron chi connectivity index (χ0n) is 9.64. The first-order chi connectivity index (χ1) is 7.27. The Morgan fingerprint density at radius 1 is 1.40 bits per heavy atom. The minimum Gasteiger partial charge on any atom is -0.138 e. The lowest BCUT2D eigenvalue weighted by Gasteiger charge is -2.15. The van der Waals surface area contributed by atoms with Crippen LogP contribution in [0.2, 0.25) is 0 Å². The molecule has 0 aromatic carbocycles. The van der Waals surface area contributed by atoms with E-state index in [1.807, 2.05) is 24.0 Å². The van der Waals surface area contributed by atoms with Crippen molar-refractivity contribution in [2.75, 3.05) is 7.05 Å². The van der Waals surface area contributed by atoms with Gasteiger partial charge in [-0.2, -0.15) is 0 Å². The van der Waals surface area contributed by atoms with Crippen LogP contribution in [0.1, 0.15) is 38.3 Å². The van der Waals surface area contributed by atoms with E-state index < -0.39 is 0 Å². The molecule has 1 aliphatic rings. The average Bonchev–Trinajstić information content (AvgIpc) is 2.60. The number of hydrogen-bond donors (Lipinski definition) is 0. The molecule has 0 fully saturated rings. The molecule has 0 radical (unpaired) electrons. The zero-order chi connectivity index (χ0) is 10.8. The summed E-state index contributed by atoms with van der Waals surface area (Å²) in [4.78, 5) is 4.37. The summed E-state index contributed by atoms with van der Waals surface area (Å²) in [6.07, 6.45) is 4.18. The molecule has 2 heterocycles. The molecule has 0 amide bonds. The molecule has 0 N–H and O–H groups in total. The molecule has 1 aromatic heterocycles. The molecular weight excluding hydrogens is 186 g/mol. The highest BCUT2D eigenvalue weighted by atomic mass is 15.3. The molecule has 80 valence electrons. The van der Waals surface area contributed by atoms with Gasteiger partial charge >= 0.3 is 5.82 Å². The largest absolute Gasteiger partial charge is 0.348 e. The van der Waals surface area contributed by atoms with E-state index in [2.05, 4.69) is 30.0 Å². The summed E-state index contributed by atoms with van der Waals surface area (Å²) in [6, 6.07) is 4.47. The van der Waals surface area contributed by atoms with Gasteiger partial charge in [0.2, 0.25) is 0 Å². The minimum atomic E-state index is 0.314. The van der Waals surface area contributed by atoms with Crippen LogP contribution in [0, 0.1) is 5.92 Å². The van der Waals surface area contributed by atoms with Crippen molar-refractivity contribution in [3.8, 4) is 0 Å². The van der Waals surface area contributed by atoms with Crippen LogP contribution in [0.4, 0.5) is 5.82 Å². The smallest absolute Gasteiger partial charge is 0.138 e. The fourth-order valence-corrected chi connectivity index (χ4v) is 2.30. The number of pyridine rings is 1. The highest BCUT2D eigenvalue weighted by Gasteiger charge is 2.34. The van der Waals surface area contributed by atoms with Crippen molar-refractivity contribution in [1.29, 1.82) is 0 Å². The number of azo groups is 2. The van der Waals surface area contributed by atoms with Crippen LogP contribution in [0.25, 0.3) is 0 Å². The Balaban J connectivity index is 2.38. The highest BCUT2D eigenvalue weighted by Crippen LogP contribution is 2.39. The molecule has 1 aromatic rings. The summed E-state index contributed by atoms with van der Waals surface area (Å²) in [5.41, 5.74) is 1.29. The minimum absolute atomic E-state index is 0.314. The van der Waals surface area contributed by atoms with Crippen molar-refractivity contribution in [2.24, 2.45) is 11.0 Å². The van der Waals surface area contributed by atoms with Gasteiger partial charge in [-0.05, 0) is 23.0 Å². The molecule has 3 heteroatoms. The summed E-state index contributed by atoms with van der Waals surface area (Å²) in [5, 5.41) is 4.67. The van der Waals surface area contributed by atoms with Crippen molar-refractivity contribution < 1.29 is 4.70 Å². The maximum absolute atomic E-state index is 4.67. The SMILES string of the molecule is CCC(CC)C1N=[N+](C)c2ncccc21. The van der Waals surface area contributed by atoms with E-state index in [1.54, 1.807) is 0 Å². The number of hydrogen-bond acceptors (Lipinski definition) is 2. The Hall–Kier alpha value is -1.25. The van der Waals surface area contributed by atoms with Crippen LogP contribution < -0.4 is 0 Å². The van der Waals surface area contributed by atoms with Crippen molar-refractivity contribution in [3.63, 3.8) is 0 Å². The normalized spacial score (nSPS) is 19.2. The van der Waals surface area contributed by atoms with Gasteiger partial charge in [0.15, 0.2) is 0 Å². The molecular formula is C12H18N3+. The average molecular weight is 204 g/mol. The highest BCUT2D eigenvalue weighted by molar-refractivity contribution is 5.36. The molecule has 15 heavy (non-hydrogen) atoms. The summed E-state index contributed by atoms with van der Waals surface area (Å²) in [7, 11) is 1.98. The Kier molecular flexibility index (Phi) is 2.80. The van der Waals surface area contributed by atoms with Crippen LogP contribution >= 0.6 is 0 Å². The third-order valence-electron chi connectivity index (χ3n) is 3.23. The monoisotopic (exact) mass is 204 g/mol. The molecule has 0 aliphatic carbocycles. The van der Waals surface area contributed by atoms with Gasteiger partial charge in [0.05, 0.1) is 5.56 Å². The molecule has 0 saturated heterocycles. The summed E-state index contributed by atoms with van der Waals surface area (Å²) < 4.78 is 1.92. The Morgan fingerprint density at radius 2 is 2.13 bits per heavy atom. The Bertz CT molecular complexity index is 380. The van der Waals surface area contributed by atoms with Crippen molar-refractivity contribution in [2.45, 2.75) is 32.7 Å². The number of aromatic nitrogens is 1. The first-order valence-electron chi connectivity index (χ1n) is 5.67. The predicted octanol–water partition coefficient (Wildman–Crippen LogP) is 3.30. The predicted molar refractivity (Wildman–Crippen MR) is 59.3 cm³/mol. The van der Waals surface area contributed by atoms with E-state index in [4.69, 9.17) is 0 Å². The fraction of sp³-hybridized carbons (Fsp3) is 0.583. The lowest BCUT2D eigenvalue weighted by Crippen LogP contribution is -2.07. The molecule has 0 saturated carbocycles. The van der Waals surface area contributed by atoms with Gasteiger partial charge in [-0.25, -0.2) is 0 Å².